The van der Waals surface area contributed by atoms with Crippen molar-refractivity contribution in [1.29, 1.82) is 0 Å². The summed E-state index contributed by atoms with van der Waals surface area (Å²) in [5, 5.41) is 3.22. The van der Waals surface area contributed by atoms with E-state index in [0.29, 0.717) is 10.7 Å². The van der Waals surface area contributed by atoms with Gasteiger partial charge in [0.25, 0.3) is 0 Å². The first-order chi connectivity index (χ1) is 7.87. The van der Waals surface area contributed by atoms with Crippen LogP contribution >= 0.6 is 11.8 Å². The Bertz CT molecular complexity index is 262. The van der Waals surface area contributed by atoms with Crippen LogP contribution < -0.4 is 11.1 Å². The van der Waals surface area contributed by atoms with Gasteiger partial charge in [0.15, 0.2) is 5.96 Å². The number of guanidine groups is 1. The van der Waals surface area contributed by atoms with Gasteiger partial charge in [0.05, 0.1) is 6.54 Å². The number of nitrogens with two attached hydrogens (primary N) is 1. The van der Waals surface area contributed by atoms with E-state index in [9.17, 15) is 0 Å². The van der Waals surface area contributed by atoms with Gasteiger partial charge in [-0.1, -0.05) is 19.3 Å². The Kier molecular flexibility index (Phi) is 5.17. The fraction of sp³-hybridized carbons (Fsp3) is 0.923. The second kappa shape index (κ2) is 5.98. The highest BCUT2D eigenvalue weighted by Gasteiger charge is 2.30. The van der Waals surface area contributed by atoms with Gasteiger partial charge in [-0.15, -0.1) is 0 Å². The summed E-state index contributed by atoms with van der Waals surface area (Å²) in [5.74, 6) is 0.580. The quantitative estimate of drug-likeness (QED) is 0.604. The van der Waals surface area contributed by atoms with Crippen LogP contribution in [0.4, 0.5) is 0 Å². The Morgan fingerprint density at radius 2 is 1.88 bits per heavy atom. The van der Waals surface area contributed by atoms with E-state index in [4.69, 9.17) is 5.73 Å². The molecular formula is C13H27N3S. The van der Waals surface area contributed by atoms with Crippen LogP contribution in [-0.4, -0.2) is 29.0 Å². The summed E-state index contributed by atoms with van der Waals surface area (Å²) < 4.78 is 0.336. The van der Waals surface area contributed by atoms with E-state index in [1.165, 1.54) is 32.1 Å². The first-order valence-corrected chi connectivity index (χ1v) is 7.73. The minimum atomic E-state index is -0.00727. The van der Waals surface area contributed by atoms with Gasteiger partial charge in [-0.2, -0.15) is 11.8 Å². The number of thioether (sulfide) groups is 1. The molecule has 0 bridgehead atoms. The number of hydrogen-bond acceptors (Lipinski definition) is 2. The molecule has 0 radical (unpaired) electrons. The molecular weight excluding hydrogens is 230 g/mol. The van der Waals surface area contributed by atoms with Gasteiger partial charge in [0.2, 0.25) is 0 Å². The lowest BCUT2D eigenvalue weighted by Crippen LogP contribution is -2.45. The van der Waals surface area contributed by atoms with E-state index >= 15 is 0 Å². The minimum absolute atomic E-state index is 0.00727. The predicted molar refractivity (Wildman–Crippen MR) is 78.7 cm³/mol. The van der Waals surface area contributed by atoms with Crippen LogP contribution in [0.15, 0.2) is 4.99 Å². The summed E-state index contributed by atoms with van der Waals surface area (Å²) >= 11 is 1.96. The van der Waals surface area contributed by atoms with E-state index < -0.39 is 0 Å². The summed E-state index contributed by atoms with van der Waals surface area (Å²) in [5.41, 5.74) is 5.91. The standard InChI is InChI=1S/C13H27N3S/c1-12(2,3)16-11(14)15-10-13(17-4)8-6-5-7-9-13/h5-10H2,1-4H3,(H3,14,15,16). The smallest absolute Gasteiger partial charge is 0.189 e. The highest BCUT2D eigenvalue weighted by Crippen LogP contribution is 2.38. The molecule has 0 saturated heterocycles. The van der Waals surface area contributed by atoms with E-state index in [0.717, 1.165) is 6.54 Å². The van der Waals surface area contributed by atoms with Crippen LogP contribution in [0.25, 0.3) is 0 Å². The lowest BCUT2D eigenvalue weighted by atomic mass is 9.88. The van der Waals surface area contributed by atoms with Crippen molar-refractivity contribution in [2.24, 2.45) is 10.7 Å². The Morgan fingerprint density at radius 1 is 1.29 bits per heavy atom. The summed E-state index contributed by atoms with van der Waals surface area (Å²) in [4.78, 5) is 4.54. The zero-order valence-corrected chi connectivity index (χ0v) is 12.5. The van der Waals surface area contributed by atoms with E-state index in [1.807, 2.05) is 11.8 Å². The van der Waals surface area contributed by atoms with Gasteiger partial charge < -0.3 is 11.1 Å². The maximum atomic E-state index is 5.92. The van der Waals surface area contributed by atoms with Gasteiger partial charge >= 0.3 is 0 Å². The summed E-state index contributed by atoms with van der Waals surface area (Å²) in [6.07, 6.45) is 8.81. The molecule has 0 heterocycles. The lowest BCUT2D eigenvalue weighted by molar-refractivity contribution is 0.404. The Labute approximate surface area is 110 Å². The number of rotatable bonds is 3. The first kappa shape index (κ1) is 14.7. The van der Waals surface area contributed by atoms with Crippen molar-refractivity contribution in [3.63, 3.8) is 0 Å². The van der Waals surface area contributed by atoms with Gasteiger partial charge in [0.1, 0.15) is 0 Å². The minimum Gasteiger partial charge on any atom is -0.370 e. The van der Waals surface area contributed by atoms with Crippen molar-refractivity contribution in [2.75, 3.05) is 12.8 Å². The maximum Gasteiger partial charge on any atom is 0.189 e. The molecule has 1 aliphatic rings. The highest BCUT2D eigenvalue weighted by atomic mass is 32.2. The average Bonchev–Trinajstić information content (AvgIpc) is 2.25. The van der Waals surface area contributed by atoms with Crippen molar-refractivity contribution in [3.05, 3.63) is 0 Å². The molecule has 0 aromatic rings. The van der Waals surface area contributed by atoms with E-state index in [2.05, 4.69) is 37.3 Å². The summed E-state index contributed by atoms with van der Waals surface area (Å²) in [7, 11) is 0. The molecule has 0 aromatic heterocycles. The maximum absolute atomic E-state index is 5.92. The number of aliphatic imine (C=N–C) groups is 1. The largest absolute Gasteiger partial charge is 0.370 e. The fourth-order valence-corrected chi connectivity index (χ4v) is 3.17. The van der Waals surface area contributed by atoms with Crippen LogP contribution in [0, 0.1) is 0 Å². The number of nitrogens with zero attached hydrogens (tertiary/aromatic N) is 1. The molecule has 1 rings (SSSR count). The molecule has 3 nitrogen and oxygen atoms in total. The van der Waals surface area contributed by atoms with Crippen LogP contribution in [0.5, 0.6) is 0 Å². The topological polar surface area (TPSA) is 50.4 Å². The van der Waals surface area contributed by atoms with Gasteiger partial charge in [-0.3, -0.25) is 4.99 Å². The Balaban J connectivity index is 2.54. The van der Waals surface area contributed by atoms with Crippen LogP contribution in [0.3, 0.4) is 0 Å². The van der Waals surface area contributed by atoms with Crippen molar-refractivity contribution in [1.82, 2.24) is 5.32 Å². The van der Waals surface area contributed by atoms with E-state index in [-0.39, 0.29) is 5.54 Å². The number of nitrogens with one attached hydrogen (secondary N) is 1. The molecule has 1 fully saturated rings. The van der Waals surface area contributed by atoms with Gasteiger partial charge in [-0.05, 0) is 39.9 Å². The molecule has 0 atom stereocenters. The molecule has 0 aliphatic heterocycles. The third-order valence-electron chi connectivity index (χ3n) is 3.24. The zero-order chi connectivity index (χ0) is 12.9. The average molecular weight is 257 g/mol. The molecule has 3 N–H and O–H groups in total. The second-order valence-electron chi connectivity index (χ2n) is 6.02. The SMILES string of the molecule is CSC1(CN=C(N)NC(C)(C)C)CCCCC1. The zero-order valence-electron chi connectivity index (χ0n) is 11.7. The predicted octanol–water partition coefficient (Wildman–Crippen LogP) is 2.76. The summed E-state index contributed by atoms with van der Waals surface area (Å²) in [6, 6.07) is 0. The van der Waals surface area contributed by atoms with Crippen molar-refractivity contribution >= 4 is 17.7 Å². The molecule has 100 valence electrons. The van der Waals surface area contributed by atoms with E-state index in [1.54, 1.807) is 0 Å². The van der Waals surface area contributed by atoms with Crippen molar-refractivity contribution in [2.45, 2.75) is 63.2 Å². The molecule has 0 unspecified atom stereocenters. The molecule has 0 amide bonds. The third-order valence-corrected chi connectivity index (χ3v) is 4.64. The molecule has 1 aliphatic carbocycles. The number of hydrogen-bond donors (Lipinski definition) is 2. The fourth-order valence-electron chi connectivity index (χ4n) is 2.28. The van der Waals surface area contributed by atoms with Crippen LogP contribution in [0.2, 0.25) is 0 Å². The monoisotopic (exact) mass is 257 g/mol. The molecule has 0 aromatic carbocycles. The van der Waals surface area contributed by atoms with Crippen LogP contribution in [0.1, 0.15) is 52.9 Å². The highest BCUT2D eigenvalue weighted by molar-refractivity contribution is 8.00. The first-order valence-electron chi connectivity index (χ1n) is 6.50. The molecule has 0 spiro atoms. The third kappa shape index (κ3) is 5.19. The molecule has 17 heavy (non-hydrogen) atoms. The second-order valence-corrected chi connectivity index (χ2v) is 7.30. The normalized spacial score (nSPS) is 21.3. The van der Waals surface area contributed by atoms with Gasteiger partial charge in [0, 0.05) is 10.3 Å². The summed E-state index contributed by atoms with van der Waals surface area (Å²) in [6.45, 7) is 7.14. The Morgan fingerprint density at radius 3 is 2.35 bits per heavy atom. The Hall–Kier alpha value is -0.380. The molecule has 4 heteroatoms. The van der Waals surface area contributed by atoms with Crippen LogP contribution in [-0.2, 0) is 0 Å². The van der Waals surface area contributed by atoms with Gasteiger partial charge in [-0.25, -0.2) is 0 Å². The van der Waals surface area contributed by atoms with Crippen molar-refractivity contribution in [3.8, 4) is 0 Å². The molecule has 1 saturated carbocycles. The van der Waals surface area contributed by atoms with Crippen molar-refractivity contribution < 1.29 is 0 Å². The lowest BCUT2D eigenvalue weighted by Gasteiger charge is -2.34.